The molecule has 3 nitrogen and oxygen atoms in total. The number of hydrogen-bond donors (Lipinski definition) is 1. The van der Waals surface area contributed by atoms with E-state index < -0.39 is 0 Å². The molecule has 13 heavy (non-hydrogen) atoms. The predicted molar refractivity (Wildman–Crippen MR) is 51.6 cm³/mol. The number of fused-ring (bicyclic) bond motifs is 1. The van der Waals surface area contributed by atoms with Crippen LogP contribution >= 0.6 is 11.6 Å². The van der Waals surface area contributed by atoms with E-state index in [1.807, 2.05) is 23.7 Å². The number of benzene rings is 1. The molecule has 1 N–H and O–H groups in total. The summed E-state index contributed by atoms with van der Waals surface area (Å²) in [7, 11) is 1.86. The van der Waals surface area contributed by atoms with Crippen LogP contribution in [-0.2, 0) is 13.7 Å². The maximum Gasteiger partial charge on any atom is 0.135 e. The number of hydrogen-bond acceptors (Lipinski definition) is 2. The van der Waals surface area contributed by atoms with Crippen LogP contribution in [0, 0.1) is 0 Å². The Labute approximate surface area is 80.6 Å². The second-order valence-electron chi connectivity index (χ2n) is 2.88. The lowest BCUT2D eigenvalue weighted by Crippen LogP contribution is -1.96. The van der Waals surface area contributed by atoms with Crippen molar-refractivity contribution in [3.8, 4) is 0 Å². The molecule has 68 valence electrons. The summed E-state index contributed by atoms with van der Waals surface area (Å²) < 4.78 is 1.83. The van der Waals surface area contributed by atoms with Gasteiger partial charge in [0.1, 0.15) is 12.4 Å². The molecule has 0 bridgehead atoms. The summed E-state index contributed by atoms with van der Waals surface area (Å²) in [5.41, 5.74) is 1.80. The molecule has 1 aromatic heterocycles. The average Bonchev–Trinajstić information content (AvgIpc) is 2.44. The van der Waals surface area contributed by atoms with Gasteiger partial charge in [0.2, 0.25) is 0 Å². The second-order valence-corrected chi connectivity index (χ2v) is 3.31. The van der Waals surface area contributed by atoms with E-state index in [-0.39, 0.29) is 6.61 Å². The zero-order valence-corrected chi connectivity index (χ0v) is 7.91. The van der Waals surface area contributed by atoms with Crippen molar-refractivity contribution in [1.29, 1.82) is 0 Å². The van der Waals surface area contributed by atoms with Crippen LogP contribution < -0.4 is 0 Å². The number of imidazole rings is 1. The summed E-state index contributed by atoms with van der Waals surface area (Å²) in [6.07, 6.45) is 0. The number of aliphatic hydroxyl groups excluding tert-OH is 1. The summed E-state index contributed by atoms with van der Waals surface area (Å²) in [5, 5.41) is 9.65. The van der Waals surface area contributed by atoms with E-state index in [0.29, 0.717) is 10.8 Å². The fourth-order valence-electron chi connectivity index (χ4n) is 1.35. The van der Waals surface area contributed by atoms with Gasteiger partial charge in [-0.05, 0) is 18.2 Å². The van der Waals surface area contributed by atoms with Crippen molar-refractivity contribution < 1.29 is 5.11 Å². The Morgan fingerprint density at radius 2 is 2.31 bits per heavy atom. The van der Waals surface area contributed by atoms with Crippen molar-refractivity contribution >= 4 is 22.6 Å². The van der Waals surface area contributed by atoms with Gasteiger partial charge in [-0.15, -0.1) is 0 Å². The monoisotopic (exact) mass is 196 g/mol. The Balaban J connectivity index is 2.77. The maximum atomic E-state index is 8.97. The Morgan fingerprint density at radius 1 is 1.54 bits per heavy atom. The highest BCUT2D eigenvalue weighted by Gasteiger charge is 2.05. The molecule has 1 aromatic carbocycles. The van der Waals surface area contributed by atoms with Crippen LogP contribution in [-0.4, -0.2) is 14.7 Å². The highest BCUT2D eigenvalue weighted by Crippen LogP contribution is 2.19. The molecule has 2 aromatic rings. The van der Waals surface area contributed by atoms with E-state index >= 15 is 0 Å². The Kier molecular flexibility index (Phi) is 1.98. The van der Waals surface area contributed by atoms with Crippen molar-refractivity contribution in [1.82, 2.24) is 9.55 Å². The van der Waals surface area contributed by atoms with Crippen molar-refractivity contribution in [3.05, 3.63) is 29.0 Å². The van der Waals surface area contributed by atoms with Gasteiger partial charge in [0.15, 0.2) is 0 Å². The smallest absolute Gasteiger partial charge is 0.135 e. The molecule has 1 heterocycles. The minimum absolute atomic E-state index is 0.0528. The Bertz CT molecular complexity index is 450. The van der Waals surface area contributed by atoms with Crippen LogP contribution in [0.15, 0.2) is 18.2 Å². The Hall–Kier alpha value is -1.06. The van der Waals surface area contributed by atoms with Crippen molar-refractivity contribution in [2.45, 2.75) is 6.61 Å². The van der Waals surface area contributed by atoms with Gasteiger partial charge in [0.05, 0.1) is 11.0 Å². The third kappa shape index (κ3) is 1.30. The third-order valence-electron chi connectivity index (χ3n) is 2.08. The molecule has 0 aliphatic rings. The van der Waals surface area contributed by atoms with Gasteiger partial charge in [-0.25, -0.2) is 4.98 Å². The lowest BCUT2D eigenvalue weighted by atomic mass is 10.3. The predicted octanol–water partition coefficient (Wildman–Crippen LogP) is 1.72. The van der Waals surface area contributed by atoms with E-state index in [1.54, 1.807) is 6.07 Å². The van der Waals surface area contributed by atoms with E-state index in [2.05, 4.69) is 4.98 Å². The van der Waals surface area contributed by atoms with Crippen molar-refractivity contribution in [2.75, 3.05) is 0 Å². The fraction of sp³-hybridized carbons (Fsp3) is 0.222. The summed E-state index contributed by atoms with van der Waals surface area (Å²) >= 11 is 5.84. The number of aliphatic hydroxyl groups is 1. The van der Waals surface area contributed by atoms with Crippen molar-refractivity contribution in [2.24, 2.45) is 7.05 Å². The van der Waals surface area contributed by atoms with Crippen LogP contribution in [0.25, 0.3) is 11.0 Å². The molecule has 0 saturated heterocycles. The quantitative estimate of drug-likeness (QED) is 0.754. The zero-order chi connectivity index (χ0) is 9.42. The number of rotatable bonds is 1. The largest absolute Gasteiger partial charge is 0.388 e. The molecule has 0 fully saturated rings. The average molecular weight is 197 g/mol. The molecule has 4 heteroatoms. The van der Waals surface area contributed by atoms with E-state index in [1.165, 1.54) is 0 Å². The van der Waals surface area contributed by atoms with Gasteiger partial charge in [0, 0.05) is 12.1 Å². The normalized spacial score (nSPS) is 11.0. The van der Waals surface area contributed by atoms with Gasteiger partial charge in [-0.2, -0.15) is 0 Å². The highest BCUT2D eigenvalue weighted by atomic mass is 35.5. The lowest BCUT2D eigenvalue weighted by Gasteiger charge is -1.97. The first kappa shape index (κ1) is 8.53. The first-order chi connectivity index (χ1) is 6.22. The molecule has 2 rings (SSSR count). The van der Waals surface area contributed by atoms with Crippen LogP contribution in [0.1, 0.15) is 5.82 Å². The maximum absolute atomic E-state index is 8.97. The molecule has 0 radical (unpaired) electrons. The van der Waals surface area contributed by atoms with Gasteiger partial charge >= 0.3 is 0 Å². The highest BCUT2D eigenvalue weighted by molar-refractivity contribution is 6.31. The number of aryl methyl sites for hydroxylation is 1. The first-order valence-corrected chi connectivity index (χ1v) is 4.32. The van der Waals surface area contributed by atoms with Crippen LogP contribution in [0.2, 0.25) is 5.02 Å². The number of nitrogens with zero attached hydrogens (tertiary/aromatic N) is 2. The van der Waals surface area contributed by atoms with Crippen LogP contribution in [0.3, 0.4) is 0 Å². The molecule has 0 aliphatic heterocycles. The van der Waals surface area contributed by atoms with Crippen LogP contribution in [0.4, 0.5) is 0 Å². The van der Waals surface area contributed by atoms with E-state index in [4.69, 9.17) is 16.7 Å². The van der Waals surface area contributed by atoms with Crippen LogP contribution in [0.5, 0.6) is 0 Å². The van der Waals surface area contributed by atoms with E-state index in [9.17, 15) is 0 Å². The Morgan fingerprint density at radius 3 is 3.00 bits per heavy atom. The van der Waals surface area contributed by atoms with Gasteiger partial charge in [0.25, 0.3) is 0 Å². The molecule has 0 atom stereocenters. The van der Waals surface area contributed by atoms with Gasteiger partial charge in [-0.1, -0.05) is 11.6 Å². The molecule has 0 unspecified atom stereocenters. The summed E-state index contributed by atoms with van der Waals surface area (Å²) in [6, 6.07) is 5.47. The second kappa shape index (κ2) is 3.01. The molecule has 0 saturated carbocycles. The molecular formula is C9H9ClN2O. The van der Waals surface area contributed by atoms with Gasteiger partial charge in [-0.3, -0.25) is 0 Å². The molecule has 0 amide bonds. The fourth-order valence-corrected chi connectivity index (χ4v) is 1.52. The standard InChI is InChI=1S/C9H9ClN2O/c1-12-8-4-6(10)2-3-7(8)11-9(12)5-13/h2-4,13H,5H2,1H3. The minimum Gasteiger partial charge on any atom is -0.388 e. The number of halogens is 1. The SMILES string of the molecule is Cn1c(CO)nc2ccc(Cl)cc21. The van der Waals surface area contributed by atoms with E-state index in [0.717, 1.165) is 11.0 Å². The topological polar surface area (TPSA) is 38.0 Å². The first-order valence-electron chi connectivity index (χ1n) is 3.94. The summed E-state index contributed by atoms with van der Waals surface area (Å²) in [6.45, 7) is -0.0528. The van der Waals surface area contributed by atoms with Gasteiger partial charge < -0.3 is 9.67 Å². The molecule has 0 spiro atoms. The molecule has 0 aliphatic carbocycles. The summed E-state index contributed by atoms with van der Waals surface area (Å²) in [5.74, 6) is 0.650. The number of aromatic nitrogens is 2. The summed E-state index contributed by atoms with van der Waals surface area (Å²) in [4.78, 5) is 4.23. The minimum atomic E-state index is -0.0528. The lowest BCUT2D eigenvalue weighted by molar-refractivity contribution is 0.268. The third-order valence-corrected chi connectivity index (χ3v) is 2.31. The van der Waals surface area contributed by atoms with Crippen molar-refractivity contribution in [3.63, 3.8) is 0 Å². The molecular weight excluding hydrogens is 188 g/mol. The zero-order valence-electron chi connectivity index (χ0n) is 7.16.